The minimum absolute atomic E-state index is 1.02. The number of benzene rings is 3. The molecule has 0 aliphatic carbocycles. The largest absolute Gasteiger partial charge is 0.317 e. The molecule has 1 unspecified atom stereocenters. The van der Waals surface area contributed by atoms with Gasteiger partial charge < -0.3 is 4.57 Å². The SMILES string of the molecule is Cc1ccc(-n2c(C)c3c(c2C)P(=S)(c2ccccc2)N(c2ccccc2)N=C3)cc1. The molecule has 0 saturated heterocycles. The Labute approximate surface area is 188 Å². The lowest BCUT2D eigenvalue weighted by Crippen LogP contribution is -2.34. The smallest absolute Gasteiger partial charge is 0.117 e. The molecule has 4 aromatic rings. The number of aromatic nitrogens is 1. The topological polar surface area (TPSA) is 20.5 Å². The predicted octanol–water partition coefficient (Wildman–Crippen LogP) is 5.60. The van der Waals surface area contributed by atoms with Crippen LogP contribution >= 0.6 is 6.19 Å². The van der Waals surface area contributed by atoms with Gasteiger partial charge in [-0.1, -0.05) is 78.0 Å². The molecule has 0 N–H and O–H groups in total. The van der Waals surface area contributed by atoms with E-state index in [4.69, 9.17) is 16.9 Å². The van der Waals surface area contributed by atoms with E-state index in [0.717, 1.165) is 22.2 Å². The molecule has 5 heteroatoms. The number of hydrogen-bond acceptors (Lipinski definition) is 2. The Balaban J connectivity index is 1.81. The molecule has 0 amide bonds. The maximum atomic E-state index is 6.62. The molecule has 0 radical (unpaired) electrons. The van der Waals surface area contributed by atoms with Crippen LogP contribution in [0.4, 0.5) is 5.69 Å². The molecule has 1 atom stereocenters. The normalized spacial score (nSPS) is 17.6. The van der Waals surface area contributed by atoms with Crippen LogP contribution in [0.15, 0.2) is 90.0 Å². The van der Waals surface area contributed by atoms with Gasteiger partial charge in [-0.05, 0) is 45.0 Å². The van der Waals surface area contributed by atoms with Gasteiger partial charge in [-0.25, -0.2) is 4.78 Å². The fraction of sp³-hybridized carbons (Fsp3) is 0.115. The Bertz CT molecular complexity index is 1320. The molecule has 3 aromatic carbocycles. The fourth-order valence-corrected chi connectivity index (χ4v) is 8.85. The molecule has 0 fully saturated rings. The van der Waals surface area contributed by atoms with Crippen LogP contribution in [0.25, 0.3) is 5.69 Å². The van der Waals surface area contributed by atoms with E-state index >= 15 is 0 Å². The van der Waals surface area contributed by atoms with Gasteiger partial charge in [-0.2, -0.15) is 5.10 Å². The minimum atomic E-state index is -2.41. The summed E-state index contributed by atoms with van der Waals surface area (Å²) in [5, 5.41) is 7.31. The van der Waals surface area contributed by atoms with Crippen molar-refractivity contribution >= 4 is 40.5 Å². The first-order valence-corrected chi connectivity index (χ1v) is 13.1. The lowest BCUT2D eigenvalue weighted by molar-refractivity contribution is 0.967. The highest BCUT2D eigenvalue weighted by molar-refractivity contribution is 8.22. The van der Waals surface area contributed by atoms with E-state index in [2.05, 4.69) is 90.8 Å². The molecule has 154 valence electrons. The first-order chi connectivity index (χ1) is 15.0. The summed E-state index contributed by atoms with van der Waals surface area (Å²) in [5.74, 6) is 0. The van der Waals surface area contributed by atoms with Crippen LogP contribution in [0.3, 0.4) is 0 Å². The van der Waals surface area contributed by atoms with Gasteiger partial charge in [0.2, 0.25) is 0 Å². The Morgan fingerprint density at radius 3 is 1.97 bits per heavy atom. The van der Waals surface area contributed by atoms with Gasteiger partial charge in [0.05, 0.1) is 11.9 Å². The van der Waals surface area contributed by atoms with E-state index < -0.39 is 6.19 Å². The minimum Gasteiger partial charge on any atom is -0.317 e. The average Bonchev–Trinajstić information content (AvgIpc) is 3.06. The van der Waals surface area contributed by atoms with Crippen molar-refractivity contribution < 1.29 is 0 Å². The van der Waals surface area contributed by atoms with Gasteiger partial charge in [0.25, 0.3) is 0 Å². The van der Waals surface area contributed by atoms with Crippen molar-refractivity contribution in [2.75, 3.05) is 4.78 Å². The number of anilines is 1. The van der Waals surface area contributed by atoms with Crippen molar-refractivity contribution in [2.45, 2.75) is 20.8 Å². The molecule has 0 bridgehead atoms. The van der Waals surface area contributed by atoms with Crippen LogP contribution in [0.5, 0.6) is 0 Å². The third kappa shape index (κ3) is 3.10. The Morgan fingerprint density at radius 1 is 0.710 bits per heavy atom. The second kappa shape index (κ2) is 7.64. The molecule has 0 spiro atoms. The van der Waals surface area contributed by atoms with E-state index in [1.807, 2.05) is 30.5 Å². The highest BCUT2D eigenvalue weighted by atomic mass is 32.4. The second-order valence-electron chi connectivity index (χ2n) is 7.89. The highest BCUT2D eigenvalue weighted by Crippen LogP contribution is 2.54. The second-order valence-corrected chi connectivity index (χ2v) is 12.0. The van der Waals surface area contributed by atoms with Gasteiger partial charge in [-0.3, -0.25) is 0 Å². The molecule has 5 rings (SSSR count). The van der Waals surface area contributed by atoms with Crippen molar-refractivity contribution in [1.82, 2.24) is 4.57 Å². The van der Waals surface area contributed by atoms with Crippen molar-refractivity contribution in [3.8, 4) is 5.69 Å². The first kappa shape index (κ1) is 20.0. The zero-order valence-electron chi connectivity index (χ0n) is 17.9. The van der Waals surface area contributed by atoms with E-state index in [-0.39, 0.29) is 0 Å². The van der Waals surface area contributed by atoms with Crippen LogP contribution in [-0.2, 0) is 11.8 Å². The van der Waals surface area contributed by atoms with Gasteiger partial charge in [-0.15, -0.1) is 0 Å². The zero-order valence-corrected chi connectivity index (χ0v) is 19.6. The van der Waals surface area contributed by atoms with Gasteiger partial charge >= 0.3 is 0 Å². The summed E-state index contributed by atoms with van der Waals surface area (Å²) in [5.41, 5.74) is 6.95. The van der Waals surface area contributed by atoms with Crippen molar-refractivity contribution in [3.63, 3.8) is 0 Å². The van der Waals surface area contributed by atoms with Crippen LogP contribution in [-0.4, -0.2) is 10.8 Å². The van der Waals surface area contributed by atoms with E-state index in [0.29, 0.717) is 0 Å². The van der Waals surface area contributed by atoms with Crippen molar-refractivity contribution in [1.29, 1.82) is 0 Å². The summed E-state index contributed by atoms with van der Waals surface area (Å²) < 4.78 is 4.42. The maximum Gasteiger partial charge on any atom is 0.117 e. The highest BCUT2D eigenvalue weighted by Gasteiger charge is 2.39. The van der Waals surface area contributed by atoms with Crippen LogP contribution in [0.2, 0.25) is 0 Å². The lowest BCUT2D eigenvalue weighted by atomic mass is 10.2. The van der Waals surface area contributed by atoms with Gasteiger partial charge in [0, 0.05) is 33.2 Å². The molecule has 0 saturated carbocycles. The third-order valence-electron chi connectivity index (χ3n) is 5.91. The summed E-state index contributed by atoms with van der Waals surface area (Å²) >= 11 is 6.62. The number of aryl methyl sites for hydroxylation is 1. The summed E-state index contributed by atoms with van der Waals surface area (Å²) in [6.45, 7) is 6.47. The van der Waals surface area contributed by atoms with Crippen LogP contribution in [0, 0.1) is 20.8 Å². The third-order valence-corrected chi connectivity index (χ3v) is 10.6. The molecule has 1 aromatic heterocycles. The molecule has 1 aliphatic rings. The number of para-hydroxylation sites is 1. The van der Waals surface area contributed by atoms with Crippen LogP contribution in [0.1, 0.15) is 22.5 Å². The molecule has 31 heavy (non-hydrogen) atoms. The monoisotopic (exact) mass is 441 g/mol. The Hall–Kier alpha value is -2.94. The summed E-state index contributed by atoms with van der Waals surface area (Å²) in [6, 6.07) is 29.5. The molecular formula is C26H24N3PS. The number of fused-ring (bicyclic) bond motifs is 1. The summed E-state index contributed by atoms with van der Waals surface area (Å²) in [6.07, 6.45) is -0.425. The van der Waals surface area contributed by atoms with Gasteiger partial charge in [0.15, 0.2) is 0 Å². The molecule has 1 aliphatic heterocycles. The predicted molar refractivity (Wildman–Crippen MR) is 136 cm³/mol. The number of nitrogens with zero attached hydrogens (tertiary/aromatic N) is 3. The van der Waals surface area contributed by atoms with Gasteiger partial charge in [0.1, 0.15) is 6.19 Å². The Morgan fingerprint density at radius 2 is 1.32 bits per heavy atom. The summed E-state index contributed by atoms with van der Waals surface area (Å²) in [4.78, 5) is 0. The van der Waals surface area contributed by atoms with Crippen molar-refractivity contribution in [3.05, 3.63) is 107 Å². The van der Waals surface area contributed by atoms with E-state index in [1.54, 1.807) is 0 Å². The molecular weight excluding hydrogens is 417 g/mol. The number of rotatable bonds is 3. The van der Waals surface area contributed by atoms with E-state index in [9.17, 15) is 0 Å². The summed E-state index contributed by atoms with van der Waals surface area (Å²) in [7, 11) is 0. The van der Waals surface area contributed by atoms with Crippen molar-refractivity contribution in [2.24, 2.45) is 5.10 Å². The Kier molecular flexibility index (Phi) is 4.92. The first-order valence-electron chi connectivity index (χ1n) is 10.4. The maximum absolute atomic E-state index is 6.62. The average molecular weight is 442 g/mol. The van der Waals surface area contributed by atoms with E-state index in [1.165, 1.54) is 22.3 Å². The lowest BCUT2D eigenvalue weighted by Gasteiger charge is -2.36. The molecule has 3 nitrogen and oxygen atoms in total. The zero-order chi connectivity index (χ0) is 21.6. The quantitative estimate of drug-likeness (QED) is 0.386. The van der Waals surface area contributed by atoms with Crippen LogP contribution < -0.4 is 15.4 Å². The fourth-order valence-electron chi connectivity index (χ4n) is 4.40. The molecule has 2 heterocycles. The standard InChI is InChI=1S/C26H24N3PS/c1-19-14-16-22(17-15-19)28-20(2)25-18-27-29(23-10-6-4-7-11-23)30(31,26(25)21(28)3)24-12-8-5-9-13-24/h4-18H,1-3H3. The number of hydrogen-bond donors (Lipinski definition) is 0. The number of hydrazone groups is 1.